The van der Waals surface area contributed by atoms with Gasteiger partial charge in [0.2, 0.25) is 0 Å². The summed E-state index contributed by atoms with van der Waals surface area (Å²) in [5, 5.41) is 10.0. The summed E-state index contributed by atoms with van der Waals surface area (Å²) in [6, 6.07) is 55.3. The third-order valence-electron chi connectivity index (χ3n) is 10.1. The maximum atomic E-state index is 6.78. The highest BCUT2D eigenvalue weighted by atomic mass is 16.3. The molecule has 0 radical (unpaired) electrons. The first-order valence-electron chi connectivity index (χ1n) is 16.6. The molecule has 49 heavy (non-hydrogen) atoms. The Morgan fingerprint density at radius 2 is 0.898 bits per heavy atom. The van der Waals surface area contributed by atoms with Crippen LogP contribution in [0.15, 0.2) is 171 Å². The Bertz CT molecular complexity index is 3040. The first kappa shape index (κ1) is 26.5. The van der Waals surface area contributed by atoms with Gasteiger partial charge >= 0.3 is 0 Å². The van der Waals surface area contributed by atoms with Crippen LogP contribution in [0.1, 0.15) is 0 Å². The van der Waals surface area contributed by atoms with E-state index in [0.29, 0.717) is 0 Å². The number of benzene rings is 8. The third kappa shape index (κ3) is 3.78. The van der Waals surface area contributed by atoms with Gasteiger partial charge in [0, 0.05) is 38.2 Å². The van der Waals surface area contributed by atoms with E-state index in [-0.39, 0.29) is 0 Å². The standard InChI is InChI=1S/C46H26O3/c1-2-12-27(13-3-1)40-26-29-24-37(46-44(45(29)49-40)36-19-9-11-21-39(36)48-46)43-34-17-6-4-15-32(34)42(33-16-5-7-18-35(33)43)28-22-23-31-30-14-8-10-20-38(30)47-41(31)25-28/h1-26H. The average Bonchev–Trinajstić information content (AvgIpc) is 3.87. The Labute approximate surface area is 280 Å². The van der Waals surface area contributed by atoms with Crippen molar-refractivity contribution in [2.75, 3.05) is 0 Å². The molecule has 0 spiro atoms. The predicted octanol–water partition coefficient (Wildman–Crippen LogP) is 13.5. The molecule has 8 aromatic carbocycles. The van der Waals surface area contributed by atoms with Crippen LogP contribution in [-0.2, 0) is 0 Å². The molecular formula is C46H26O3. The molecule has 0 saturated heterocycles. The van der Waals surface area contributed by atoms with E-state index < -0.39 is 0 Å². The third-order valence-corrected chi connectivity index (χ3v) is 10.1. The summed E-state index contributed by atoms with van der Waals surface area (Å²) in [7, 11) is 0. The lowest BCUT2D eigenvalue weighted by Crippen LogP contribution is -1.91. The van der Waals surface area contributed by atoms with Crippen molar-refractivity contribution in [3.05, 3.63) is 158 Å². The van der Waals surface area contributed by atoms with Crippen molar-refractivity contribution in [2.45, 2.75) is 0 Å². The zero-order chi connectivity index (χ0) is 32.1. The highest BCUT2D eigenvalue weighted by molar-refractivity contribution is 6.28. The Kier molecular flexibility index (Phi) is 5.38. The molecule has 228 valence electrons. The summed E-state index contributed by atoms with van der Waals surface area (Å²) in [4.78, 5) is 0. The van der Waals surface area contributed by atoms with Gasteiger partial charge in [-0.2, -0.15) is 0 Å². The molecule has 0 fully saturated rings. The minimum absolute atomic E-state index is 0.828. The van der Waals surface area contributed by atoms with Gasteiger partial charge in [0.05, 0.1) is 5.39 Å². The maximum Gasteiger partial charge on any atom is 0.147 e. The zero-order valence-electron chi connectivity index (χ0n) is 26.2. The van der Waals surface area contributed by atoms with E-state index in [9.17, 15) is 0 Å². The first-order chi connectivity index (χ1) is 24.3. The van der Waals surface area contributed by atoms with Crippen molar-refractivity contribution in [3.63, 3.8) is 0 Å². The van der Waals surface area contributed by atoms with Gasteiger partial charge in [0.15, 0.2) is 0 Å². The fourth-order valence-electron chi connectivity index (χ4n) is 7.93. The molecule has 11 rings (SSSR count). The quantitative estimate of drug-likeness (QED) is 0.183. The maximum absolute atomic E-state index is 6.78. The van der Waals surface area contributed by atoms with Crippen LogP contribution in [0, 0.1) is 0 Å². The Hall–Kier alpha value is -6.58. The lowest BCUT2D eigenvalue weighted by atomic mass is 9.85. The van der Waals surface area contributed by atoms with Gasteiger partial charge < -0.3 is 13.3 Å². The van der Waals surface area contributed by atoms with Crippen molar-refractivity contribution in [3.8, 4) is 33.6 Å². The number of furan rings is 3. The van der Waals surface area contributed by atoms with E-state index in [1.165, 1.54) is 16.3 Å². The van der Waals surface area contributed by atoms with E-state index in [0.717, 1.165) is 93.6 Å². The second-order valence-corrected chi connectivity index (χ2v) is 12.8. The van der Waals surface area contributed by atoms with Crippen LogP contribution in [0.2, 0.25) is 0 Å². The largest absolute Gasteiger partial charge is 0.456 e. The van der Waals surface area contributed by atoms with Crippen LogP contribution in [0.5, 0.6) is 0 Å². The summed E-state index contributed by atoms with van der Waals surface area (Å²) in [6.45, 7) is 0. The Morgan fingerprint density at radius 3 is 1.61 bits per heavy atom. The molecule has 0 N–H and O–H groups in total. The smallest absolute Gasteiger partial charge is 0.147 e. The number of para-hydroxylation sites is 2. The van der Waals surface area contributed by atoms with Gasteiger partial charge in [-0.25, -0.2) is 0 Å². The van der Waals surface area contributed by atoms with Crippen molar-refractivity contribution < 1.29 is 13.3 Å². The summed E-state index contributed by atoms with van der Waals surface area (Å²) >= 11 is 0. The minimum Gasteiger partial charge on any atom is -0.456 e. The highest BCUT2D eigenvalue weighted by Crippen LogP contribution is 2.49. The van der Waals surface area contributed by atoms with Gasteiger partial charge in [0.1, 0.15) is 33.7 Å². The van der Waals surface area contributed by atoms with Crippen LogP contribution in [-0.4, -0.2) is 0 Å². The van der Waals surface area contributed by atoms with Crippen LogP contribution in [0.4, 0.5) is 0 Å². The van der Waals surface area contributed by atoms with Gasteiger partial charge in [-0.15, -0.1) is 0 Å². The van der Waals surface area contributed by atoms with Gasteiger partial charge in [-0.1, -0.05) is 121 Å². The lowest BCUT2D eigenvalue weighted by molar-refractivity contribution is 0.633. The van der Waals surface area contributed by atoms with E-state index in [1.54, 1.807) is 0 Å². The minimum atomic E-state index is 0.828. The van der Waals surface area contributed by atoms with Crippen molar-refractivity contribution in [1.82, 2.24) is 0 Å². The van der Waals surface area contributed by atoms with Crippen molar-refractivity contribution in [2.24, 2.45) is 0 Å². The fourth-order valence-corrected chi connectivity index (χ4v) is 7.93. The van der Waals surface area contributed by atoms with Crippen molar-refractivity contribution >= 4 is 76.4 Å². The second-order valence-electron chi connectivity index (χ2n) is 12.8. The second kappa shape index (κ2) is 9.96. The van der Waals surface area contributed by atoms with E-state index in [4.69, 9.17) is 13.3 Å². The average molecular weight is 627 g/mol. The highest BCUT2D eigenvalue weighted by Gasteiger charge is 2.24. The summed E-state index contributed by atoms with van der Waals surface area (Å²) in [6.07, 6.45) is 0. The molecule has 0 aliphatic rings. The van der Waals surface area contributed by atoms with Crippen LogP contribution < -0.4 is 0 Å². The molecule has 3 heterocycles. The van der Waals surface area contributed by atoms with Gasteiger partial charge in [-0.05, 0) is 69.1 Å². The molecule has 0 amide bonds. The molecule has 0 aliphatic carbocycles. The van der Waals surface area contributed by atoms with Crippen LogP contribution in [0.3, 0.4) is 0 Å². The van der Waals surface area contributed by atoms with Crippen molar-refractivity contribution in [1.29, 1.82) is 0 Å². The molecule has 3 aromatic heterocycles. The summed E-state index contributed by atoms with van der Waals surface area (Å²) < 4.78 is 19.8. The summed E-state index contributed by atoms with van der Waals surface area (Å²) in [5.74, 6) is 0.838. The Morgan fingerprint density at radius 1 is 0.327 bits per heavy atom. The number of hydrogen-bond acceptors (Lipinski definition) is 3. The van der Waals surface area contributed by atoms with Crippen LogP contribution >= 0.6 is 0 Å². The lowest BCUT2D eigenvalue weighted by Gasteiger charge is -2.18. The fraction of sp³-hybridized carbons (Fsp3) is 0. The molecule has 3 nitrogen and oxygen atoms in total. The predicted molar refractivity (Wildman–Crippen MR) is 202 cm³/mol. The van der Waals surface area contributed by atoms with E-state index >= 15 is 0 Å². The Balaban J connectivity index is 1.26. The van der Waals surface area contributed by atoms with Gasteiger partial charge in [0.25, 0.3) is 0 Å². The molecule has 0 atom stereocenters. The number of rotatable bonds is 3. The monoisotopic (exact) mass is 626 g/mol. The van der Waals surface area contributed by atoms with Gasteiger partial charge in [-0.3, -0.25) is 0 Å². The summed E-state index contributed by atoms with van der Waals surface area (Å²) in [5.41, 5.74) is 9.85. The molecule has 11 aromatic rings. The molecule has 0 saturated carbocycles. The van der Waals surface area contributed by atoms with Crippen LogP contribution in [0.25, 0.3) is 110 Å². The zero-order valence-corrected chi connectivity index (χ0v) is 26.2. The SMILES string of the molecule is c1ccc(-c2cc3cc(-c4c5ccccc5c(-c5ccc6c(c5)oc5ccccc56)c5ccccc45)c4oc5ccccc5c4c3o2)cc1. The number of fused-ring (bicyclic) bond motifs is 10. The first-order valence-corrected chi connectivity index (χ1v) is 16.6. The topological polar surface area (TPSA) is 39.4 Å². The number of hydrogen-bond donors (Lipinski definition) is 0. The molecule has 3 heteroatoms. The molecular weight excluding hydrogens is 601 g/mol. The van der Waals surface area contributed by atoms with E-state index in [2.05, 4.69) is 115 Å². The van der Waals surface area contributed by atoms with E-state index in [1.807, 2.05) is 42.5 Å². The molecule has 0 unspecified atom stereocenters. The molecule has 0 bridgehead atoms. The molecule has 0 aliphatic heterocycles. The normalized spacial score (nSPS) is 12.1.